The molecule has 1 aromatic carbocycles. The van der Waals surface area contributed by atoms with Gasteiger partial charge >= 0.3 is 0 Å². The van der Waals surface area contributed by atoms with E-state index < -0.39 is 0 Å². The maximum Gasteiger partial charge on any atom is 0.233 e. The molecule has 2 fully saturated rings. The van der Waals surface area contributed by atoms with Gasteiger partial charge in [-0.15, -0.1) is 10.2 Å². The SMILES string of the molecule is O=C(CSc1nnc(C2CC2)n1-c1ccccc1)N1CCCCCC1. The number of nitrogens with zero attached hydrogens (tertiary/aromatic N) is 4. The Bertz CT molecular complexity index is 718. The van der Waals surface area contributed by atoms with Crippen LogP contribution in [0.4, 0.5) is 0 Å². The van der Waals surface area contributed by atoms with Crippen LogP contribution in [0.1, 0.15) is 50.3 Å². The van der Waals surface area contributed by atoms with Crippen LogP contribution in [0.25, 0.3) is 5.69 Å². The molecule has 1 aromatic heterocycles. The van der Waals surface area contributed by atoms with Crippen LogP contribution in [0, 0.1) is 0 Å². The lowest BCUT2D eigenvalue weighted by atomic mass is 10.2. The summed E-state index contributed by atoms with van der Waals surface area (Å²) in [5.74, 6) is 2.22. The van der Waals surface area contributed by atoms with E-state index in [0.29, 0.717) is 11.7 Å². The predicted molar refractivity (Wildman–Crippen MR) is 99.1 cm³/mol. The van der Waals surface area contributed by atoms with Gasteiger partial charge < -0.3 is 4.90 Å². The molecule has 5 nitrogen and oxygen atoms in total. The number of hydrogen-bond donors (Lipinski definition) is 0. The van der Waals surface area contributed by atoms with Gasteiger partial charge in [-0.05, 0) is 37.8 Å². The monoisotopic (exact) mass is 356 g/mol. The molecule has 1 aliphatic heterocycles. The smallest absolute Gasteiger partial charge is 0.233 e. The van der Waals surface area contributed by atoms with Crippen LogP contribution < -0.4 is 0 Å². The van der Waals surface area contributed by atoms with Crippen molar-refractivity contribution in [3.8, 4) is 5.69 Å². The number of carbonyl (C=O) groups is 1. The van der Waals surface area contributed by atoms with Crippen LogP contribution >= 0.6 is 11.8 Å². The third-order valence-corrected chi connectivity index (χ3v) is 5.81. The van der Waals surface area contributed by atoms with Crippen molar-refractivity contribution in [2.24, 2.45) is 0 Å². The van der Waals surface area contributed by atoms with Gasteiger partial charge in [0.25, 0.3) is 0 Å². The van der Waals surface area contributed by atoms with Gasteiger partial charge in [0.05, 0.1) is 5.75 Å². The molecule has 2 aliphatic rings. The second kappa shape index (κ2) is 7.60. The number of para-hydroxylation sites is 1. The van der Waals surface area contributed by atoms with Crippen molar-refractivity contribution in [3.05, 3.63) is 36.2 Å². The molecule has 2 heterocycles. The van der Waals surface area contributed by atoms with Crippen LogP contribution in [-0.2, 0) is 4.79 Å². The molecule has 1 aliphatic carbocycles. The summed E-state index contributed by atoms with van der Waals surface area (Å²) in [7, 11) is 0. The number of rotatable bonds is 5. The van der Waals surface area contributed by atoms with E-state index in [4.69, 9.17) is 0 Å². The Balaban J connectivity index is 1.50. The molecule has 0 atom stereocenters. The van der Waals surface area contributed by atoms with Crippen molar-refractivity contribution >= 4 is 17.7 Å². The fourth-order valence-corrected chi connectivity index (χ4v) is 4.20. The average molecular weight is 356 g/mol. The second-order valence-electron chi connectivity index (χ2n) is 6.87. The van der Waals surface area contributed by atoms with Gasteiger partial charge in [0.1, 0.15) is 5.82 Å². The quantitative estimate of drug-likeness (QED) is 0.768. The van der Waals surface area contributed by atoms with Crippen molar-refractivity contribution < 1.29 is 4.79 Å². The molecule has 0 bridgehead atoms. The van der Waals surface area contributed by atoms with E-state index in [1.165, 1.54) is 37.4 Å². The van der Waals surface area contributed by atoms with Crippen molar-refractivity contribution in [2.75, 3.05) is 18.8 Å². The Morgan fingerprint density at radius 2 is 1.76 bits per heavy atom. The van der Waals surface area contributed by atoms with E-state index in [1.54, 1.807) is 0 Å². The Kier molecular flexibility index (Phi) is 5.06. The third kappa shape index (κ3) is 3.89. The summed E-state index contributed by atoms with van der Waals surface area (Å²) in [6.45, 7) is 1.80. The Hall–Kier alpha value is -1.82. The normalized spacial score (nSPS) is 18.2. The van der Waals surface area contributed by atoms with Gasteiger partial charge in [-0.1, -0.05) is 42.8 Å². The van der Waals surface area contributed by atoms with Crippen molar-refractivity contribution in [1.82, 2.24) is 19.7 Å². The van der Waals surface area contributed by atoms with E-state index in [1.807, 2.05) is 23.1 Å². The fourth-order valence-electron chi connectivity index (χ4n) is 3.34. The van der Waals surface area contributed by atoms with Gasteiger partial charge in [0.2, 0.25) is 5.91 Å². The largest absolute Gasteiger partial charge is 0.342 e. The van der Waals surface area contributed by atoms with E-state index in [9.17, 15) is 4.79 Å². The minimum Gasteiger partial charge on any atom is -0.342 e. The summed E-state index contributed by atoms with van der Waals surface area (Å²) in [4.78, 5) is 14.6. The molecule has 1 amide bonds. The summed E-state index contributed by atoms with van der Waals surface area (Å²) in [5.41, 5.74) is 1.08. The lowest BCUT2D eigenvalue weighted by Crippen LogP contribution is -2.33. The number of hydrogen-bond acceptors (Lipinski definition) is 4. The third-order valence-electron chi connectivity index (χ3n) is 4.90. The minimum absolute atomic E-state index is 0.225. The van der Waals surface area contributed by atoms with Crippen LogP contribution in [0.3, 0.4) is 0 Å². The number of thioether (sulfide) groups is 1. The summed E-state index contributed by atoms with van der Waals surface area (Å²) < 4.78 is 2.14. The lowest BCUT2D eigenvalue weighted by Gasteiger charge is -2.20. The maximum absolute atomic E-state index is 12.6. The van der Waals surface area contributed by atoms with Crippen LogP contribution in [-0.4, -0.2) is 44.4 Å². The zero-order chi connectivity index (χ0) is 17.1. The first-order chi connectivity index (χ1) is 12.3. The van der Waals surface area contributed by atoms with Gasteiger partial charge in [-0.25, -0.2) is 0 Å². The molecule has 6 heteroatoms. The highest BCUT2D eigenvalue weighted by atomic mass is 32.2. The van der Waals surface area contributed by atoms with Crippen molar-refractivity contribution in [1.29, 1.82) is 0 Å². The van der Waals surface area contributed by atoms with Crippen LogP contribution in [0.15, 0.2) is 35.5 Å². The molecule has 0 N–H and O–H groups in total. The second-order valence-corrected chi connectivity index (χ2v) is 7.81. The zero-order valence-electron chi connectivity index (χ0n) is 14.4. The Morgan fingerprint density at radius 3 is 2.44 bits per heavy atom. The molecule has 0 unspecified atom stereocenters. The molecule has 25 heavy (non-hydrogen) atoms. The first-order valence-electron chi connectivity index (χ1n) is 9.24. The molecule has 0 spiro atoms. The number of benzene rings is 1. The minimum atomic E-state index is 0.225. The van der Waals surface area contributed by atoms with Gasteiger partial charge in [0, 0.05) is 24.7 Å². The molecule has 1 saturated heterocycles. The Morgan fingerprint density at radius 1 is 1.04 bits per heavy atom. The summed E-state index contributed by atoms with van der Waals surface area (Å²) in [6.07, 6.45) is 7.10. The number of amides is 1. The number of aromatic nitrogens is 3. The molecule has 4 rings (SSSR count). The highest BCUT2D eigenvalue weighted by Crippen LogP contribution is 2.41. The van der Waals surface area contributed by atoms with Gasteiger partial charge in [-0.2, -0.15) is 0 Å². The van der Waals surface area contributed by atoms with Crippen molar-refractivity contribution in [3.63, 3.8) is 0 Å². The van der Waals surface area contributed by atoms with Crippen LogP contribution in [0.2, 0.25) is 0 Å². The number of carbonyl (C=O) groups excluding carboxylic acids is 1. The first kappa shape index (κ1) is 16.6. The lowest BCUT2D eigenvalue weighted by molar-refractivity contribution is -0.128. The molecular weight excluding hydrogens is 332 g/mol. The summed E-state index contributed by atoms with van der Waals surface area (Å²) in [6, 6.07) is 10.2. The van der Waals surface area contributed by atoms with E-state index in [2.05, 4.69) is 26.9 Å². The molecule has 2 aromatic rings. The van der Waals surface area contributed by atoms with Gasteiger partial charge in [0.15, 0.2) is 5.16 Å². The molecule has 132 valence electrons. The standard InChI is InChI=1S/C19H24N4OS/c24-17(22-12-6-1-2-7-13-22)14-25-19-21-20-18(15-10-11-15)23(19)16-8-4-3-5-9-16/h3-5,8-9,15H,1-2,6-7,10-14H2. The van der Waals surface area contributed by atoms with Crippen LogP contribution in [0.5, 0.6) is 0 Å². The fraction of sp³-hybridized carbons (Fsp3) is 0.526. The Labute approximate surface area is 152 Å². The molecule has 1 saturated carbocycles. The first-order valence-corrected chi connectivity index (χ1v) is 10.2. The topological polar surface area (TPSA) is 51.0 Å². The zero-order valence-corrected chi connectivity index (χ0v) is 15.2. The highest BCUT2D eigenvalue weighted by Gasteiger charge is 2.31. The van der Waals surface area contributed by atoms with Gasteiger partial charge in [-0.3, -0.25) is 9.36 Å². The molecule has 0 radical (unpaired) electrons. The maximum atomic E-state index is 12.6. The summed E-state index contributed by atoms with van der Waals surface area (Å²) in [5, 5.41) is 9.65. The molecular formula is C19H24N4OS. The average Bonchev–Trinajstić information content (AvgIpc) is 3.45. The van der Waals surface area contributed by atoms with Crippen molar-refractivity contribution in [2.45, 2.75) is 49.6 Å². The highest BCUT2D eigenvalue weighted by molar-refractivity contribution is 7.99. The summed E-state index contributed by atoms with van der Waals surface area (Å²) >= 11 is 1.51. The van der Waals surface area contributed by atoms with E-state index >= 15 is 0 Å². The predicted octanol–water partition coefficient (Wildman–Crippen LogP) is 3.64. The number of likely N-dealkylation sites (tertiary alicyclic amines) is 1. The van der Waals surface area contributed by atoms with E-state index in [-0.39, 0.29) is 5.91 Å². The van der Waals surface area contributed by atoms with E-state index in [0.717, 1.165) is 42.6 Å².